The van der Waals surface area contributed by atoms with Gasteiger partial charge in [-0.15, -0.1) is 0 Å². The van der Waals surface area contributed by atoms with Crippen LogP contribution in [0.4, 0.5) is 11.6 Å². The van der Waals surface area contributed by atoms with Gasteiger partial charge in [-0.05, 0) is 25.8 Å². The van der Waals surface area contributed by atoms with E-state index in [0.29, 0.717) is 11.9 Å². The number of aryl methyl sites for hydroxylation is 1. The van der Waals surface area contributed by atoms with Crippen LogP contribution in [-0.2, 0) is 6.42 Å². The zero-order valence-electron chi connectivity index (χ0n) is 12.0. The second kappa shape index (κ2) is 6.70. The average molecular weight is 263 g/mol. The van der Waals surface area contributed by atoms with Gasteiger partial charge in [0.2, 0.25) is 0 Å². The van der Waals surface area contributed by atoms with E-state index in [1.807, 2.05) is 13.0 Å². The number of hydrogen-bond acceptors (Lipinski definition) is 5. The third kappa shape index (κ3) is 4.06. The highest BCUT2D eigenvalue weighted by molar-refractivity contribution is 5.45. The molecule has 0 unspecified atom stereocenters. The number of anilines is 2. The SMILES string of the molecule is CCCN1CCC(Nc2cc(N)nc(CC)n2)CC1. The van der Waals surface area contributed by atoms with Gasteiger partial charge < -0.3 is 16.0 Å². The number of rotatable bonds is 5. The van der Waals surface area contributed by atoms with Crippen LogP contribution in [-0.4, -0.2) is 40.5 Å². The summed E-state index contributed by atoms with van der Waals surface area (Å²) >= 11 is 0. The van der Waals surface area contributed by atoms with Gasteiger partial charge >= 0.3 is 0 Å². The van der Waals surface area contributed by atoms with Crippen LogP contribution in [0.15, 0.2) is 6.07 Å². The maximum atomic E-state index is 5.80. The third-order valence-electron chi connectivity index (χ3n) is 3.59. The van der Waals surface area contributed by atoms with Crippen molar-refractivity contribution in [3.8, 4) is 0 Å². The summed E-state index contributed by atoms with van der Waals surface area (Å²) in [4.78, 5) is 11.2. The van der Waals surface area contributed by atoms with Crippen molar-refractivity contribution in [1.29, 1.82) is 0 Å². The Morgan fingerprint density at radius 3 is 2.68 bits per heavy atom. The van der Waals surface area contributed by atoms with Crippen molar-refractivity contribution in [3.05, 3.63) is 11.9 Å². The molecule has 0 amide bonds. The fraction of sp³-hybridized carbons (Fsp3) is 0.714. The first-order chi connectivity index (χ1) is 9.21. The Morgan fingerprint density at radius 1 is 1.32 bits per heavy atom. The Bertz CT molecular complexity index is 399. The van der Waals surface area contributed by atoms with Gasteiger partial charge in [-0.3, -0.25) is 0 Å². The molecule has 0 aliphatic carbocycles. The lowest BCUT2D eigenvalue weighted by Gasteiger charge is -2.32. The second-order valence-corrected chi connectivity index (χ2v) is 5.21. The normalized spacial score (nSPS) is 17.6. The van der Waals surface area contributed by atoms with Crippen LogP contribution in [0.2, 0.25) is 0 Å². The Morgan fingerprint density at radius 2 is 2.05 bits per heavy atom. The van der Waals surface area contributed by atoms with Crippen LogP contribution in [0.3, 0.4) is 0 Å². The van der Waals surface area contributed by atoms with Gasteiger partial charge in [0.25, 0.3) is 0 Å². The lowest BCUT2D eigenvalue weighted by atomic mass is 10.0. The molecule has 0 spiro atoms. The van der Waals surface area contributed by atoms with Crippen molar-refractivity contribution in [2.75, 3.05) is 30.7 Å². The van der Waals surface area contributed by atoms with Crippen molar-refractivity contribution in [3.63, 3.8) is 0 Å². The van der Waals surface area contributed by atoms with Gasteiger partial charge in [0.05, 0.1) is 0 Å². The van der Waals surface area contributed by atoms with E-state index in [2.05, 4.69) is 27.1 Å². The van der Waals surface area contributed by atoms with Gasteiger partial charge in [0.15, 0.2) is 0 Å². The maximum Gasteiger partial charge on any atom is 0.132 e. The Kier molecular flexibility index (Phi) is 4.96. The van der Waals surface area contributed by atoms with Crippen LogP contribution in [0.5, 0.6) is 0 Å². The Balaban J connectivity index is 1.90. The molecule has 0 atom stereocenters. The molecular weight excluding hydrogens is 238 g/mol. The lowest BCUT2D eigenvalue weighted by Crippen LogP contribution is -2.39. The molecule has 5 heteroatoms. The van der Waals surface area contributed by atoms with Crippen molar-refractivity contribution in [2.45, 2.75) is 45.6 Å². The molecule has 0 saturated carbocycles. The third-order valence-corrected chi connectivity index (χ3v) is 3.59. The smallest absolute Gasteiger partial charge is 0.132 e. The van der Waals surface area contributed by atoms with Crippen molar-refractivity contribution in [2.24, 2.45) is 0 Å². The van der Waals surface area contributed by atoms with E-state index in [9.17, 15) is 0 Å². The predicted octanol–water partition coefficient (Wildman–Crippen LogP) is 1.91. The zero-order chi connectivity index (χ0) is 13.7. The molecule has 19 heavy (non-hydrogen) atoms. The van der Waals surface area contributed by atoms with E-state index in [4.69, 9.17) is 5.73 Å². The lowest BCUT2D eigenvalue weighted by molar-refractivity contribution is 0.219. The molecule has 1 saturated heterocycles. The minimum atomic E-state index is 0.507. The standard InChI is InChI=1S/C14H25N5/c1-3-7-19-8-5-11(6-9-19)16-14-10-12(15)17-13(4-2)18-14/h10-11H,3-9H2,1-2H3,(H3,15,16,17,18). The summed E-state index contributed by atoms with van der Waals surface area (Å²) < 4.78 is 0. The van der Waals surface area contributed by atoms with E-state index < -0.39 is 0 Å². The van der Waals surface area contributed by atoms with Crippen LogP contribution >= 0.6 is 0 Å². The van der Waals surface area contributed by atoms with Crippen molar-refractivity contribution in [1.82, 2.24) is 14.9 Å². The Labute approximate surface area is 115 Å². The zero-order valence-corrected chi connectivity index (χ0v) is 12.0. The van der Waals surface area contributed by atoms with Gasteiger partial charge in [-0.2, -0.15) is 0 Å². The largest absolute Gasteiger partial charge is 0.384 e. The van der Waals surface area contributed by atoms with E-state index in [1.54, 1.807) is 0 Å². The summed E-state index contributed by atoms with van der Waals surface area (Å²) in [5.41, 5.74) is 5.80. The topological polar surface area (TPSA) is 67.1 Å². The van der Waals surface area contributed by atoms with E-state index in [0.717, 1.165) is 18.1 Å². The molecule has 2 heterocycles. The maximum absolute atomic E-state index is 5.80. The fourth-order valence-corrected chi connectivity index (χ4v) is 2.58. The summed E-state index contributed by atoms with van der Waals surface area (Å²) in [5.74, 6) is 2.24. The molecule has 1 aliphatic rings. The first-order valence-electron chi connectivity index (χ1n) is 7.33. The summed E-state index contributed by atoms with van der Waals surface area (Å²) in [7, 11) is 0. The highest BCUT2D eigenvalue weighted by Crippen LogP contribution is 2.17. The number of nitrogens with two attached hydrogens (primary N) is 1. The summed E-state index contributed by atoms with van der Waals surface area (Å²) in [6, 6.07) is 2.34. The van der Waals surface area contributed by atoms with Crippen LogP contribution < -0.4 is 11.1 Å². The number of likely N-dealkylation sites (tertiary alicyclic amines) is 1. The number of nitrogen functional groups attached to an aromatic ring is 1. The van der Waals surface area contributed by atoms with Gasteiger partial charge in [-0.1, -0.05) is 13.8 Å². The summed E-state index contributed by atoms with van der Waals surface area (Å²) in [5, 5.41) is 3.50. The molecule has 0 aromatic carbocycles. The highest BCUT2D eigenvalue weighted by atomic mass is 15.1. The predicted molar refractivity (Wildman–Crippen MR) is 79.2 cm³/mol. The van der Waals surface area contributed by atoms with Gasteiger partial charge in [0.1, 0.15) is 17.5 Å². The second-order valence-electron chi connectivity index (χ2n) is 5.21. The van der Waals surface area contributed by atoms with E-state index in [1.165, 1.54) is 38.9 Å². The average Bonchev–Trinajstić information content (AvgIpc) is 2.40. The first-order valence-corrected chi connectivity index (χ1v) is 7.33. The molecule has 1 fully saturated rings. The van der Waals surface area contributed by atoms with E-state index >= 15 is 0 Å². The molecule has 1 aromatic heterocycles. The molecule has 3 N–H and O–H groups in total. The molecule has 5 nitrogen and oxygen atoms in total. The Hall–Kier alpha value is -1.36. The molecule has 1 aromatic rings. The molecule has 0 radical (unpaired) electrons. The molecule has 2 rings (SSSR count). The summed E-state index contributed by atoms with van der Waals surface area (Å²) in [6.45, 7) is 7.84. The molecule has 106 valence electrons. The number of nitrogens with one attached hydrogen (secondary N) is 1. The van der Waals surface area contributed by atoms with Crippen LogP contribution in [0.25, 0.3) is 0 Å². The minimum Gasteiger partial charge on any atom is -0.384 e. The van der Waals surface area contributed by atoms with Gasteiger partial charge in [-0.25, -0.2) is 9.97 Å². The molecule has 1 aliphatic heterocycles. The number of nitrogens with zero attached hydrogens (tertiary/aromatic N) is 3. The fourth-order valence-electron chi connectivity index (χ4n) is 2.58. The monoisotopic (exact) mass is 263 g/mol. The van der Waals surface area contributed by atoms with Crippen molar-refractivity contribution >= 4 is 11.6 Å². The number of hydrogen-bond donors (Lipinski definition) is 2. The van der Waals surface area contributed by atoms with E-state index in [-0.39, 0.29) is 0 Å². The molecular formula is C14H25N5. The highest BCUT2D eigenvalue weighted by Gasteiger charge is 2.18. The number of piperidine rings is 1. The minimum absolute atomic E-state index is 0.507. The van der Waals surface area contributed by atoms with Crippen LogP contribution in [0, 0.1) is 0 Å². The first kappa shape index (κ1) is 14.1. The quantitative estimate of drug-likeness (QED) is 0.849. The van der Waals surface area contributed by atoms with Crippen molar-refractivity contribution < 1.29 is 0 Å². The van der Waals surface area contributed by atoms with Gasteiger partial charge in [0, 0.05) is 31.6 Å². The summed E-state index contributed by atoms with van der Waals surface area (Å²) in [6.07, 6.45) is 4.39. The van der Waals surface area contributed by atoms with Crippen LogP contribution in [0.1, 0.15) is 38.9 Å². The number of aromatic nitrogens is 2. The molecule has 0 bridgehead atoms.